The van der Waals surface area contributed by atoms with Crippen molar-refractivity contribution in [1.82, 2.24) is 0 Å². The number of alkyl halides is 3. The van der Waals surface area contributed by atoms with Gasteiger partial charge in [0.05, 0.1) is 0 Å². The molecule has 0 aromatic heterocycles. The molecule has 0 amide bonds. The van der Waals surface area contributed by atoms with Crippen molar-refractivity contribution in [1.29, 1.82) is 0 Å². The van der Waals surface area contributed by atoms with Gasteiger partial charge in [0.25, 0.3) is 0 Å². The van der Waals surface area contributed by atoms with E-state index >= 15 is 0 Å². The molecular formula is C15H20F3NO. The quantitative estimate of drug-likeness (QED) is 0.909. The third-order valence-electron chi connectivity index (χ3n) is 4.08. The van der Waals surface area contributed by atoms with Crippen molar-refractivity contribution in [3.05, 3.63) is 29.8 Å². The number of rotatable bonds is 3. The van der Waals surface area contributed by atoms with E-state index in [1.54, 1.807) is 6.07 Å². The Morgan fingerprint density at radius 3 is 2.70 bits per heavy atom. The average Bonchev–Trinajstić information content (AvgIpc) is 2.37. The van der Waals surface area contributed by atoms with E-state index in [1.807, 2.05) is 6.07 Å². The molecule has 1 aliphatic rings. The lowest BCUT2D eigenvalue weighted by Gasteiger charge is -2.34. The van der Waals surface area contributed by atoms with Crippen molar-refractivity contribution in [3.63, 3.8) is 0 Å². The Balaban J connectivity index is 2.20. The van der Waals surface area contributed by atoms with Crippen LogP contribution in [0.1, 0.15) is 37.7 Å². The lowest BCUT2D eigenvalue weighted by molar-refractivity contribution is -0.274. The molecule has 20 heavy (non-hydrogen) atoms. The second kappa shape index (κ2) is 6.04. The van der Waals surface area contributed by atoms with Gasteiger partial charge in [-0.05, 0) is 54.8 Å². The summed E-state index contributed by atoms with van der Waals surface area (Å²) in [7, 11) is 0. The molecule has 1 fully saturated rings. The fraction of sp³-hybridized carbons (Fsp3) is 0.600. The van der Waals surface area contributed by atoms with Crippen LogP contribution in [-0.2, 0) is 0 Å². The van der Waals surface area contributed by atoms with Gasteiger partial charge in [-0.3, -0.25) is 0 Å². The molecule has 3 unspecified atom stereocenters. The minimum atomic E-state index is -4.65. The van der Waals surface area contributed by atoms with Gasteiger partial charge < -0.3 is 10.5 Å². The SMILES string of the molecule is CC1CCC(CN)C(c2cccc(OC(F)(F)F)c2)C1. The summed E-state index contributed by atoms with van der Waals surface area (Å²) >= 11 is 0. The number of nitrogens with two attached hydrogens (primary N) is 1. The second-order valence-electron chi connectivity index (χ2n) is 5.64. The van der Waals surface area contributed by atoms with Crippen LogP contribution in [0, 0.1) is 11.8 Å². The van der Waals surface area contributed by atoms with Crippen molar-refractivity contribution in [2.45, 2.75) is 38.5 Å². The number of ether oxygens (including phenoxy) is 1. The summed E-state index contributed by atoms with van der Waals surface area (Å²) < 4.78 is 40.8. The predicted molar refractivity (Wildman–Crippen MR) is 71.4 cm³/mol. The highest BCUT2D eigenvalue weighted by Crippen LogP contribution is 2.41. The van der Waals surface area contributed by atoms with E-state index < -0.39 is 6.36 Å². The molecule has 0 aliphatic heterocycles. The Bertz CT molecular complexity index is 447. The van der Waals surface area contributed by atoms with Crippen molar-refractivity contribution in [2.24, 2.45) is 17.6 Å². The lowest BCUT2D eigenvalue weighted by Crippen LogP contribution is -2.28. The standard InChI is InChI=1S/C15H20F3NO/c1-10-5-6-12(9-19)14(7-10)11-3-2-4-13(8-11)20-15(16,17)18/h2-4,8,10,12,14H,5-7,9,19H2,1H3. The van der Waals surface area contributed by atoms with Gasteiger partial charge >= 0.3 is 6.36 Å². The number of benzene rings is 1. The van der Waals surface area contributed by atoms with Crippen LogP contribution in [-0.4, -0.2) is 12.9 Å². The van der Waals surface area contributed by atoms with Crippen LogP contribution in [0.3, 0.4) is 0 Å². The molecule has 0 bridgehead atoms. The Kier molecular flexibility index (Phi) is 4.58. The van der Waals surface area contributed by atoms with Gasteiger partial charge in [-0.25, -0.2) is 0 Å². The fourth-order valence-corrected chi connectivity index (χ4v) is 3.08. The monoisotopic (exact) mass is 287 g/mol. The van der Waals surface area contributed by atoms with E-state index in [9.17, 15) is 13.2 Å². The van der Waals surface area contributed by atoms with Crippen LogP contribution in [0.4, 0.5) is 13.2 Å². The highest BCUT2D eigenvalue weighted by Gasteiger charge is 2.32. The lowest BCUT2D eigenvalue weighted by atomic mass is 9.71. The van der Waals surface area contributed by atoms with Crippen molar-refractivity contribution in [3.8, 4) is 5.75 Å². The van der Waals surface area contributed by atoms with E-state index in [-0.39, 0.29) is 11.7 Å². The van der Waals surface area contributed by atoms with Crippen LogP contribution < -0.4 is 10.5 Å². The molecule has 1 aliphatic carbocycles. The molecule has 1 saturated carbocycles. The zero-order valence-electron chi connectivity index (χ0n) is 11.5. The summed E-state index contributed by atoms with van der Waals surface area (Å²) in [5, 5.41) is 0. The predicted octanol–water partition coefficient (Wildman–Crippen LogP) is 4.06. The smallest absolute Gasteiger partial charge is 0.406 e. The number of halogens is 3. The molecular weight excluding hydrogens is 267 g/mol. The maximum Gasteiger partial charge on any atom is 0.573 e. The van der Waals surface area contributed by atoms with Crippen LogP contribution >= 0.6 is 0 Å². The van der Waals surface area contributed by atoms with Crippen LogP contribution in [0.5, 0.6) is 5.75 Å². The molecule has 0 saturated heterocycles. The van der Waals surface area contributed by atoms with Crippen LogP contribution in [0.15, 0.2) is 24.3 Å². The first kappa shape index (κ1) is 15.2. The van der Waals surface area contributed by atoms with Crippen molar-refractivity contribution >= 4 is 0 Å². The highest BCUT2D eigenvalue weighted by molar-refractivity contribution is 5.32. The minimum absolute atomic E-state index is 0.149. The molecule has 1 aromatic rings. The van der Waals surface area contributed by atoms with Gasteiger partial charge in [0, 0.05) is 0 Å². The molecule has 2 rings (SSSR count). The zero-order chi connectivity index (χ0) is 14.8. The molecule has 1 aromatic carbocycles. The van der Waals surface area contributed by atoms with Crippen molar-refractivity contribution in [2.75, 3.05) is 6.54 Å². The summed E-state index contributed by atoms with van der Waals surface area (Å²) in [6.45, 7) is 2.75. The minimum Gasteiger partial charge on any atom is -0.406 e. The second-order valence-corrected chi connectivity index (χ2v) is 5.64. The van der Waals surface area contributed by atoms with Gasteiger partial charge in [0.15, 0.2) is 0 Å². The first-order valence-corrected chi connectivity index (χ1v) is 6.95. The zero-order valence-corrected chi connectivity index (χ0v) is 11.5. The highest BCUT2D eigenvalue weighted by atomic mass is 19.4. The molecule has 0 spiro atoms. The number of hydrogen-bond donors (Lipinski definition) is 1. The molecule has 0 heterocycles. The number of hydrogen-bond acceptors (Lipinski definition) is 2. The molecule has 112 valence electrons. The molecule has 5 heteroatoms. The van der Waals surface area contributed by atoms with Gasteiger partial charge in [-0.1, -0.05) is 25.5 Å². The third kappa shape index (κ3) is 3.88. The van der Waals surface area contributed by atoms with E-state index in [0.29, 0.717) is 18.4 Å². The Morgan fingerprint density at radius 1 is 1.30 bits per heavy atom. The molecule has 2 N–H and O–H groups in total. The molecule has 0 radical (unpaired) electrons. The summed E-state index contributed by atoms with van der Waals surface area (Å²) in [5.74, 6) is 0.992. The topological polar surface area (TPSA) is 35.2 Å². The van der Waals surface area contributed by atoms with Gasteiger partial charge in [0.2, 0.25) is 0 Å². The van der Waals surface area contributed by atoms with E-state index in [0.717, 1.165) is 24.8 Å². The Labute approximate surface area is 117 Å². The first-order chi connectivity index (χ1) is 9.39. The first-order valence-electron chi connectivity index (χ1n) is 6.95. The van der Waals surface area contributed by atoms with Crippen LogP contribution in [0.25, 0.3) is 0 Å². The van der Waals surface area contributed by atoms with Gasteiger partial charge in [0.1, 0.15) is 5.75 Å². The Morgan fingerprint density at radius 2 is 2.05 bits per heavy atom. The normalized spacial score (nSPS) is 27.4. The molecule has 3 atom stereocenters. The maximum atomic E-state index is 12.3. The maximum absolute atomic E-state index is 12.3. The van der Waals surface area contributed by atoms with Crippen LogP contribution in [0.2, 0.25) is 0 Å². The fourth-order valence-electron chi connectivity index (χ4n) is 3.08. The Hall–Kier alpha value is -1.23. The van der Waals surface area contributed by atoms with Crippen molar-refractivity contribution < 1.29 is 17.9 Å². The largest absolute Gasteiger partial charge is 0.573 e. The summed E-state index contributed by atoms with van der Waals surface area (Å²) in [6, 6.07) is 6.32. The molecule has 2 nitrogen and oxygen atoms in total. The van der Waals surface area contributed by atoms with Gasteiger partial charge in [-0.15, -0.1) is 13.2 Å². The van der Waals surface area contributed by atoms with E-state index in [4.69, 9.17) is 5.73 Å². The summed E-state index contributed by atoms with van der Waals surface area (Å²) in [4.78, 5) is 0. The summed E-state index contributed by atoms with van der Waals surface area (Å²) in [5.41, 5.74) is 6.70. The summed E-state index contributed by atoms with van der Waals surface area (Å²) in [6.07, 6.45) is -1.51. The average molecular weight is 287 g/mol. The van der Waals surface area contributed by atoms with Gasteiger partial charge in [-0.2, -0.15) is 0 Å². The van der Waals surface area contributed by atoms with E-state index in [1.165, 1.54) is 12.1 Å². The third-order valence-corrected chi connectivity index (χ3v) is 4.08. The van der Waals surface area contributed by atoms with E-state index in [2.05, 4.69) is 11.7 Å².